The van der Waals surface area contributed by atoms with Gasteiger partial charge in [0, 0.05) is 20.0 Å². The lowest BCUT2D eigenvalue weighted by Gasteiger charge is -2.31. The van der Waals surface area contributed by atoms with Crippen molar-refractivity contribution in [2.75, 3.05) is 38.8 Å². The molecule has 1 aliphatic rings. The summed E-state index contributed by atoms with van der Waals surface area (Å²) in [7, 11) is 0.258. The second-order valence-electron chi connectivity index (χ2n) is 6.65. The number of nitrogens with two attached hydrogens (primary N) is 1. The molecule has 0 spiro atoms. The number of rotatable bonds is 7. The highest BCUT2D eigenvalue weighted by molar-refractivity contribution is 7.91. The first-order valence-corrected chi connectivity index (χ1v) is 11.1. The number of methoxy groups -OCH3 is 1. The van der Waals surface area contributed by atoms with Crippen LogP contribution in [0.25, 0.3) is 0 Å². The first kappa shape index (κ1) is 24.7. The number of hydrogen-bond acceptors (Lipinski definition) is 7. The van der Waals surface area contributed by atoms with Gasteiger partial charge in [-0.3, -0.25) is 9.59 Å². The zero-order valence-corrected chi connectivity index (χ0v) is 17.9. The lowest BCUT2D eigenvalue weighted by atomic mass is 10.1. The molecule has 1 aliphatic heterocycles. The molecule has 3 N–H and O–H groups in total. The second-order valence-corrected chi connectivity index (χ2v) is 8.95. The van der Waals surface area contributed by atoms with E-state index in [4.69, 9.17) is 25.1 Å². The molecule has 1 heterocycles. The molecule has 0 aromatic heterocycles. The average molecular weight is 431 g/mol. The number of benzene rings is 1. The Kier molecular flexibility index (Phi) is 9.90. The van der Waals surface area contributed by atoms with Crippen LogP contribution in [0.3, 0.4) is 0 Å². The third kappa shape index (κ3) is 7.90. The van der Waals surface area contributed by atoms with E-state index in [-0.39, 0.29) is 23.5 Å². The molecule has 0 atom stereocenters. The zero-order chi connectivity index (χ0) is 22.0. The molecular weight excluding hydrogens is 400 g/mol. The van der Waals surface area contributed by atoms with E-state index >= 15 is 0 Å². The van der Waals surface area contributed by atoms with Crippen LogP contribution in [-0.4, -0.2) is 75.2 Å². The van der Waals surface area contributed by atoms with Gasteiger partial charge in [0.05, 0.1) is 30.8 Å². The molecule has 1 aromatic rings. The van der Waals surface area contributed by atoms with Crippen molar-refractivity contribution in [2.24, 2.45) is 5.73 Å². The third-order valence-electron chi connectivity index (χ3n) is 4.42. The van der Waals surface area contributed by atoms with Gasteiger partial charge in [-0.05, 0) is 37.9 Å². The Bertz CT molecular complexity index is 778. The lowest BCUT2D eigenvalue weighted by Crippen LogP contribution is -2.42. The number of sulfone groups is 1. The van der Waals surface area contributed by atoms with Gasteiger partial charge < -0.3 is 25.2 Å². The smallest absolute Gasteiger partial charge is 0.300 e. The molecule has 0 aliphatic carbocycles. The minimum Gasteiger partial charge on any atom is -0.493 e. The Morgan fingerprint density at radius 1 is 1.28 bits per heavy atom. The van der Waals surface area contributed by atoms with E-state index in [1.165, 1.54) is 7.11 Å². The third-order valence-corrected chi connectivity index (χ3v) is 6.13. The van der Waals surface area contributed by atoms with Gasteiger partial charge in [0.15, 0.2) is 11.5 Å². The van der Waals surface area contributed by atoms with Crippen molar-refractivity contribution in [1.29, 1.82) is 0 Å². The standard InChI is InChI=1S/C17H26N2O5S.C2H4O2/c1-19(13-7-11-25(21,22)12-8-13)17(20)14-5-3-6-15(23-2)16(14)24-10-4-9-18;1-2(3)4/h3,5-6,13H,4,7-12,18H2,1-2H3;1H3,(H,3,4). The van der Waals surface area contributed by atoms with Crippen molar-refractivity contribution in [1.82, 2.24) is 4.90 Å². The van der Waals surface area contributed by atoms with Crippen LogP contribution < -0.4 is 15.2 Å². The van der Waals surface area contributed by atoms with Gasteiger partial charge in [-0.2, -0.15) is 0 Å². The van der Waals surface area contributed by atoms with Gasteiger partial charge in [-0.1, -0.05) is 6.07 Å². The molecule has 0 saturated carbocycles. The van der Waals surface area contributed by atoms with E-state index in [2.05, 4.69) is 0 Å². The lowest BCUT2D eigenvalue weighted by molar-refractivity contribution is -0.134. The summed E-state index contributed by atoms with van der Waals surface area (Å²) in [5, 5.41) is 7.42. The second kappa shape index (κ2) is 11.6. The first-order chi connectivity index (χ1) is 13.6. The molecule has 10 heteroatoms. The first-order valence-electron chi connectivity index (χ1n) is 9.30. The number of nitrogens with zero attached hydrogens (tertiary/aromatic N) is 1. The van der Waals surface area contributed by atoms with Crippen LogP contribution in [0.5, 0.6) is 11.5 Å². The predicted molar refractivity (Wildman–Crippen MR) is 109 cm³/mol. The number of ether oxygens (including phenoxy) is 2. The van der Waals surface area contributed by atoms with Gasteiger partial charge >= 0.3 is 0 Å². The van der Waals surface area contributed by atoms with E-state index in [1.54, 1.807) is 30.1 Å². The SMILES string of the molecule is CC(=O)O.COc1cccc(C(=O)N(C)C2CCS(=O)(=O)CC2)c1OCCCN. The Balaban J connectivity index is 0.000000960. The maximum atomic E-state index is 12.9. The van der Waals surface area contributed by atoms with Crippen molar-refractivity contribution in [3.63, 3.8) is 0 Å². The molecule has 0 bridgehead atoms. The topological polar surface area (TPSA) is 136 Å². The highest BCUT2D eigenvalue weighted by Gasteiger charge is 2.30. The molecule has 2 rings (SSSR count). The number of carboxylic acid groups (broad SMARTS) is 1. The molecule has 0 unspecified atom stereocenters. The largest absolute Gasteiger partial charge is 0.493 e. The summed E-state index contributed by atoms with van der Waals surface area (Å²) in [6.45, 7) is 1.97. The summed E-state index contributed by atoms with van der Waals surface area (Å²) < 4.78 is 34.2. The van der Waals surface area contributed by atoms with Crippen LogP contribution in [0.15, 0.2) is 18.2 Å². The maximum absolute atomic E-state index is 12.9. The van der Waals surface area contributed by atoms with E-state index in [9.17, 15) is 13.2 Å². The van der Waals surface area contributed by atoms with Crippen molar-refractivity contribution in [3.8, 4) is 11.5 Å². The Morgan fingerprint density at radius 3 is 2.38 bits per heavy atom. The predicted octanol–water partition coefficient (Wildman–Crippen LogP) is 1.16. The average Bonchev–Trinajstić information content (AvgIpc) is 2.66. The van der Waals surface area contributed by atoms with Gasteiger partial charge in [0.1, 0.15) is 9.84 Å². The summed E-state index contributed by atoms with van der Waals surface area (Å²) in [5.41, 5.74) is 5.90. The van der Waals surface area contributed by atoms with Gasteiger partial charge in [0.2, 0.25) is 0 Å². The monoisotopic (exact) mass is 430 g/mol. The van der Waals surface area contributed by atoms with Crippen LogP contribution in [-0.2, 0) is 14.6 Å². The van der Waals surface area contributed by atoms with Crippen molar-refractivity contribution in [2.45, 2.75) is 32.2 Å². The highest BCUT2D eigenvalue weighted by atomic mass is 32.2. The van der Waals surface area contributed by atoms with Gasteiger partial charge in [-0.25, -0.2) is 8.42 Å². The van der Waals surface area contributed by atoms with Gasteiger partial charge in [-0.15, -0.1) is 0 Å². The number of para-hydroxylation sites is 1. The Labute approximate surface area is 171 Å². The van der Waals surface area contributed by atoms with Crippen molar-refractivity contribution in [3.05, 3.63) is 23.8 Å². The summed E-state index contributed by atoms with van der Waals surface area (Å²) in [6, 6.07) is 5.07. The number of carbonyl (C=O) groups is 2. The molecule has 1 fully saturated rings. The van der Waals surface area contributed by atoms with E-state index in [1.807, 2.05) is 0 Å². The Morgan fingerprint density at radius 2 is 1.86 bits per heavy atom. The molecule has 164 valence electrons. The molecule has 29 heavy (non-hydrogen) atoms. The number of amides is 1. The minimum absolute atomic E-state index is 0.0980. The summed E-state index contributed by atoms with van der Waals surface area (Å²) >= 11 is 0. The van der Waals surface area contributed by atoms with E-state index in [0.717, 1.165) is 6.92 Å². The summed E-state index contributed by atoms with van der Waals surface area (Å²) in [5.74, 6) is 0.0905. The van der Waals surface area contributed by atoms with Crippen LogP contribution in [0, 0.1) is 0 Å². The molecule has 9 nitrogen and oxygen atoms in total. The summed E-state index contributed by atoms with van der Waals surface area (Å²) in [4.78, 5) is 23.6. The van der Waals surface area contributed by atoms with E-state index < -0.39 is 15.8 Å². The van der Waals surface area contributed by atoms with Crippen molar-refractivity contribution < 1.29 is 32.6 Å². The van der Waals surface area contributed by atoms with Crippen LogP contribution in [0.2, 0.25) is 0 Å². The number of carbonyl (C=O) groups excluding carboxylic acids is 1. The quantitative estimate of drug-likeness (QED) is 0.615. The minimum atomic E-state index is -2.97. The Hall–Kier alpha value is -2.33. The van der Waals surface area contributed by atoms with Crippen LogP contribution in [0.1, 0.15) is 36.5 Å². The fourth-order valence-corrected chi connectivity index (χ4v) is 4.34. The molecule has 1 saturated heterocycles. The normalized spacial score (nSPS) is 15.6. The van der Waals surface area contributed by atoms with E-state index in [0.29, 0.717) is 49.5 Å². The number of carboxylic acids is 1. The van der Waals surface area contributed by atoms with Crippen molar-refractivity contribution >= 4 is 21.7 Å². The fourth-order valence-electron chi connectivity index (χ4n) is 2.87. The zero-order valence-electron chi connectivity index (χ0n) is 17.1. The number of hydrogen-bond donors (Lipinski definition) is 2. The highest BCUT2D eigenvalue weighted by Crippen LogP contribution is 2.33. The maximum Gasteiger partial charge on any atom is 0.300 e. The number of aliphatic carboxylic acids is 1. The van der Waals surface area contributed by atoms with Crippen LogP contribution in [0.4, 0.5) is 0 Å². The molecular formula is C19H30N2O7S. The summed E-state index contributed by atoms with van der Waals surface area (Å²) in [6.07, 6.45) is 1.58. The van der Waals surface area contributed by atoms with Crippen LogP contribution >= 0.6 is 0 Å². The fraction of sp³-hybridized carbons (Fsp3) is 0.579. The van der Waals surface area contributed by atoms with Gasteiger partial charge in [0.25, 0.3) is 11.9 Å². The molecule has 1 aromatic carbocycles. The molecule has 0 radical (unpaired) electrons. The molecule has 1 amide bonds.